The first-order valence-corrected chi connectivity index (χ1v) is 7.30. The summed E-state index contributed by atoms with van der Waals surface area (Å²) in [5.74, 6) is 1.81. The van der Waals surface area contributed by atoms with Crippen molar-refractivity contribution in [3.8, 4) is 11.5 Å². The molecule has 0 saturated heterocycles. The summed E-state index contributed by atoms with van der Waals surface area (Å²) in [6.07, 6.45) is 0. The van der Waals surface area contributed by atoms with E-state index in [9.17, 15) is 0 Å². The van der Waals surface area contributed by atoms with Crippen LogP contribution in [0.15, 0.2) is 40.9 Å². The first-order chi connectivity index (χ1) is 9.67. The molecule has 0 radical (unpaired) electrons. The molecule has 0 bridgehead atoms. The van der Waals surface area contributed by atoms with Gasteiger partial charge < -0.3 is 14.8 Å². The molecule has 0 fully saturated rings. The van der Waals surface area contributed by atoms with Gasteiger partial charge >= 0.3 is 0 Å². The summed E-state index contributed by atoms with van der Waals surface area (Å²) in [7, 11) is 1.69. The van der Waals surface area contributed by atoms with Crippen molar-refractivity contribution < 1.29 is 9.47 Å². The smallest absolute Gasteiger partial charge is 0.142 e. The minimum absolute atomic E-state index is 0.154. The fourth-order valence-corrected chi connectivity index (χ4v) is 2.80. The molecule has 1 aliphatic rings. The predicted octanol–water partition coefficient (Wildman–Crippen LogP) is 4.31. The van der Waals surface area contributed by atoms with Gasteiger partial charge in [0.15, 0.2) is 0 Å². The molecule has 2 aromatic carbocycles. The van der Waals surface area contributed by atoms with Crippen molar-refractivity contribution in [2.24, 2.45) is 0 Å². The van der Waals surface area contributed by atoms with Gasteiger partial charge in [-0.1, -0.05) is 28.1 Å². The van der Waals surface area contributed by atoms with Gasteiger partial charge in [-0.15, -0.1) is 0 Å². The molecule has 1 aliphatic heterocycles. The van der Waals surface area contributed by atoms with Crippen molar-refractivity contribution in [2.45, 2.75) is 13.0 Å². The number of rotatable bonds is 2. The standard InChI is InChI=1S/C16H16BrNO2/c1-10-7-11(3-5-15(10)19-2)14-9-20-16-6-4-12(17)8-13(16)18-14/h3-8,14,18H,9H2,1-2H3. The van der Waals surface area contributed by atoms with E-state index in [1.807, 2.05) is 24.3 Å². The zero-order chi connectivity index (χ0) is 14.1. The minimum Gasteiger partial charge on any atom is -0.496 e. The van der Waals surface area contributed by atoms with Crippen LogP contribution in [-0.2, 0) is 0 Å². The number of ether oxygens (including phenoxy) is 2. The highest BCUT2D eigenvalue weighted by atomic mass is 79.9. The summed E-state index contributed by atoms with van der Waals surface area (Å²) in [6, 6.07) is 12.4. The quantitative estimate of drug-likeness (QED) is 0.888. The van der Waals surface area contributed by atoms with Crippen LogP contribution in [0.1, 0.15) is 17.2 Å². The van der Waals surface area contributed by atoms with Crippen molar-refractivity contribution >= 4 is 21.6 Å². The number of hydrogen-bond acceptors (Lipinski definition) is 3. The van der Waals surface area contributed by atoms with Crippen LogP contribution in [0.2, 0.25) is 0 Å². The molecule has 0 aliphatic carbocycles. The molecule has 3 nitrogen and oxygen atoms in total. The van der Waals surface area contributed by atoms with Crippen LogP contribution < -0.4 is 14.8 Å². The normalized spacial score (nSPS) is 16.9. The predicted molar refractivity (Wildman–Crippen MR) is 83.7 cm³/mol. The van der Waals surface area contributed by atoms with Crippen LogP contribution in [0.5, 0.6) is 11.5 Å². The Kier molecular flexibility index (Phi) is 3.57. The van der Waals surface area contributed by atoms with E-state index in [4.69, 9.17) is 9.47 Å². The average Bonchev–Trinajstić information content (AvgIpc) is 2.46. The van der Waals surface area contributed by atoms with E-state index in [1.54, 1.807) is 7.11 Å². The largest absolute Gasteiger partial charge is 0.496 e. The highest BCUT2D eigenvalue weighted by molar-refractivity contribution is 9.10. The van der Waals surface area contributed by atoms with Crippen LogP contribution in [0, 0.1) is 6.92 Å². The fraction of sp³-hybridized carbons (Fsp3) is 0.250. The van der Waals surface area contributed by atoms with E-state index in [0.717, 1.165) is 27.2 Å². The number of hydrogen-bond donors (Lipinski definition) is 1. The van der Waals surface area contributed by atoms with Gasteiger partial charge in [0, 0.05) is 4.47 Å². The number of benzene rings is 2. The lowest BCUT2D eigenvalue weighted by molar-refractivity contribution is 0.286. The molecule has 1 N–H and O–H groups in total. The summed E-state index contributed by atoms with van der Waals surface area (Å²) in [5.41, 5.74) is 3.35. The van der Waals surface area contributed by atoms with Gasteiger partial charge in [0.1, 0.15) is 18.1 Å². The van der Waals surface area contributed by atoms with Crippen LogP contribution in [0.3, 0.4) is 0 Å². The maximum absolute atomic E-state index is 5.83. The van der Waals surface area contributed by atoms with E-state index in [2.05, 4.69) is 40.3 Å². The van der Waals surface area contributed by atoms with E-state index in [1.165, 1.54) is 5.56 Å². The van der Waals surface area contributed by atoms with Gasteiger partial charge in [-0.2, -0.15) is 0 Å². The van der Waals surface area contributed by atoms with Crippen molar-refractivity contribution in [3.05, 3.63) is 52.0 Å². The second kappa shape index (κ2) is 5.37. The summed E-state index contributed by atoms with van der Waals surface area (Å²) in [4.78, 5) is 0. The van der Waals surface area contributed by atoms with Crippen LogP contribution in [-0.4, -0.2) is 13.7 Å². The molecule has 1 atom stereocenters. The molecule has 4 heteroatoms. The topological polar surface area (TPSA) is 30.5 Å². The minimum atomic E-state index is 0.154. The lowest BCUT2D eigenvalue weighted by Crippen LogP contribution is -2.24. The van der Waals surface area contributed by atoms with Crippen molar-refractivity contribution in [2.75, 3.05) is 19.0 Å². The van der Waals surface area contributed by atoms with Crippen molar-refractivity contribution in [1.82, 2.24) is 0 Å². The first kappa shape index (κ1) is 13.3. The lowest BCUT2D eigenvalue weighted by Gasteiger charge is -2.28. The molecule has 0 amide bonds. The average molecular weight is 334 g/mol. The molecular weight excluding hydrogens is 318 g/mol. The van der Waals surface area contributed by atoms with Crippen molar-refractivity contribution in [1.29, 1.82) is 0 Å². The number of nitrogens with one attached hydrogen (secondary N) is 1. The lowest BCUT2D eigenvalue weighted by atomic mass is 10.0. The third-order valence-corrected chi connectivity index (χ3v) is 3.99. The van der Waals surface area contributed by atoms with Crippen LogP contribution in [0.4, 0.5) is 5.69 Å². The van der Waals surface area contributed by atoms with Gasteiger partial charge in [0.05, 0.1) is 18.8 Å². The summed E-state index contributed by atoms with van der Waals surface area (Å²) < 4.78 is 12.2. The van der Waals surface area contributed by atoms with Crippen molar-refractivity contribution in [3.63, 3.8) is 0 Å². The zero-order valence-electron chi connectivity index (χ0n) is 11.4. The van der Waals surface area contributed by atoms with Gasteiger partial charge in [-0.25, -0.2) is 0 Å². The first-order valence-electron chi connectivity index (χ1n) is 6.51. The molecule has 0 aromatic heterocycles. The number of halogens is 1. The number of methoxy groups -OCH3 is 1. The Morgan fingerprint density at radius 2 is 2.10 bits per heavy atom. The molecule has 2 aromatic rings. The fourth-order valence-electron chi connectivity index (χ4n) is 2.44. The summed E-state index contributed by atoms with van der Waals surface area (Å²) >= 11 is 3.48. The van der Waals surface area contributed by atoms with Gasteiger partial charge in [-0.3, -0.25) is 0 Å². The highest BCUT2D eigenvalue weighted by Crippen LogP contribution is 2.36. The second-order valence-electron chi connectivity index (χ2n) is 4.88. The summed E-state index contributed by atoms with van der Waals surface area (Å²) in [5, 5.41) is 3.52. The molecule has 0 spiro atoms. The Hall–Kier alpha value is -1.68. The van der Waals surface area contributed by atoms with Gasteiger partial charge in [-0.05, 0) is 42.3 Å². The zero-order valence-corrected chi connectivity index (χ0v) is 13.0. The maximum Gasteiger partial charge on any atom is 0.142 e. The number of fused-ring (bicyclic) bond motifs is 1. The van der Waals surface area contributed by atoms with Crippen LogP contribution in [0.25, 0.3) is 0 Å². The monoisotopic (exact) mass is 333 g/mol. The number of anilines is 1. The summed E-state index contributed by atoms with van der Waals surface area (Å²) in [6.45, 7) is 2.68. The highest BCUT2D eigenvalue weighted by Gasteiger charge is 2.21. The second-order valence-corrected chi connectivity index (χ2v) is 5.79. The Balaban J connectivity index is 1.88. The van der Waals surface area contributed by atoms with Crippen LogP contribution >= 0.6 is 15.9 Å². The molecule has 20 heavy (non-hydrogen) atoms. The van der Waals surface area contributed by atoms with Gasteiger partial charge in [0.2, 0.25) is 0 Å². The molecule has 3 rings (SSSR count). The SMILES string of the molecule is COc1ccc(C2COc3ccc(Br)cc3N2)cc1C. The molecule has 0 saturated carbocycles. The molecular formula is C16H16BrNO2. The van der Waals surface area contributed by atoms with E-state index < -0.39 is 0 Å². The van der Waals surface area contributed by atoms with Gasteiger partial charge in [0.25, 0.3) is 0 Å². The Bertz CT molecular complexity index is 642. The third-order valence-electron chi connectivity index (χ3n) is 3.50. The molecule has 104 valence electrons. The Labute approximate surface area is 127 Å². The Morgan fingerprint density at radius 3 is 2.85 bits per heavy atom. The van der Waals surface area contributed by atoms with E-state index in [-0.39, 0.29) is 6.04 Å². The Morgan fingerprint density at radius 1 is 1.25 bits per heavy atom. The third kappa shape index (κ3) is 2.48. The van der Waals surface area contributed by atoms with E-state index >= 15 is 0 Å². The molecule has 1 heterocycles. The molecule has 1 unspecified atom stereocenters. The maximum atomic E-state index is 5.83. The van der Waals surface area contributed by atoms with E-state index in [0.29, 0.717) is 6.61 Å². The number of aryl methyl sites for hydroxylation is 1.